The quantitative estimate of drug-likeness (QED) is 0.678. The van der Waals surface area contributed by atoms with Gasteiger partial charge in [-0.05, 0) is 26.7 Å². The predicted molar refractivity (Wildman–Crippen MR) is 61.3 cm³/mol. The summed E-state index contributed by atoms with van der Waals surface area (Å²) >= 11 is 0. The molecule has 2 N–H and O–H groups in total. The van der Waals surface area contributed by atoms with Gasteiger partial charge in [-0.25, -0.2) is 0 Å². The highest BCUT2D eigenvalue weighted by atomic mass is 16.2. The SMILES string of the molecule is C#CC(C)NC(C)C(=O)NC1CCCC1. The fraction of sp³-hybridized carbons (Fsp3) is 0.750. The van der Waals surface area contributed by atoms with E-state index in [-0.39, 0.29) is 18.0 Å². The van der Waals surface area contributed by atoms with Crippen LogP contribution >= 0.6 is 0 Å². The van der Waals surface area contributed by atoms with Gasteiger partial charge in [0.1, 0.15) is 0 Å². The van der Waals surface area contributed by atoms with E-state index in [1.807, 2.05) is 13.8 Å². The summed E-state index contributed by atoms with van der Waals surface area (Å²) in [5, 5.41) is 6.09. The van der Waals surface area contributed by atoms with Gasteiger partial charge in [-0.15, -0.1) is 6.42 Å². The summed E-state index contributed by atoms with van der Waals surface area (Å²) in [5.41, 5.74) is 0. The minimum absolute atomic E-state index is 0.0593. The van der Waals surface area contributed by atoms with Crippen molar-refractivity contribution >= 4 is 5.91 Å². The summed E-state index contributed by atoms with van der Waals surface area (Å²) in [4.78, 5) is 11.7. The van der Waals surface area contributed by atoms with Crippen LogP contribution in [0.2, 0.25) is 0 Å². The number of amides is 1. The van der Waals surface area contributed by atoms with E-state index >= 15 is 0 Å². The molecular weight excluding hydrogens is 188 g/mol. The lowest BCUT2D eigenvalue weighted by Gasteiger charge is -2.19. The second kappa shape index (κ2) is 5.77. The molecule has 3 nitrogen and oxygen atoms in total. The van der Waals surface area contributed by atoms with Gasteiger partial charge < -0.3 is 5.32 Å². The lowest BCUT2D eigenvalue weighted by atomic mass is 10.2. The maximum Gasteiger partial charge on any atom is 0.237 e. The van der Waals surface area contributed by atoms with Crippen LogP contribution in [-0.4, -0.2) is 24.0 Å². The Morgan fingerprint density at radius 1 is 1.40 bits per heavy atom. The summed E-state index contributed by atoms with van der Waals surface area (Å²) in [6, 6.07) is 0.105. The van der Waals surface area contributed by atoms with E-state index in [2.05, 4.69) is 16.6 Å². The molecule has 2 atom stereocenters. The Morgan fingerprint density at radius 3 is 2.53 bits per heavy atom. The van der Waals surface area contributed by atoms with Crippen molar-refractivity contribution in [3.63, 3.8) is 0 Å². The van der Waals surface area contributed by atoms with Crippen LogP contribution in [0.1, 0.15) is 39.5 Å². The number of terminal acetylenes is 1. The summed E-state index contributed by atoms with van der Waals surface area (Å²) in [6.07, 6.45) is 9.93. The van der Waals surface area contributed by atoms with Crippen LogP contribution in [0.4, 0.5) is 0 Å². The van der Waals surface area contributed by atoms with E-state index in [9.17, 15) is 4.79 Å². The molecular formula is C12H20N2O. The predicted octanol–water partition coefficient (Wildman–Crippen LogP) is 1.04. The second-order valence-corrected chi connectivity index (χ2v) is 4.27. The van der Waals surface area contributed by atoms with Crippen molar-refractivity contribution in [2.45, 2.75) is 57.7 Å². The number of rotatable bonds is 4. The van der Waals surface area contributed by atoms with Gasteiger partial charge in [0.15, 0.2) is 0 Å². The minimum Gasteiger partial charge on any atom is -0.352 e. The zero-order chi connectivity index (χ0) is 11.3. The molecule has 1 fully saturated rings. The maximum absolute atomic E-state index is 11.7. The Hall–Kier alpha value is -1.01. The number of carbonyl (C=O) groups excluding carboxylic acids is 1. The Morgan fingerprint density at radius 2 is 2.00 bits per heavy atom. The average Bonchev–Trinajstić information content (AvgIpc) is 2.70. The molecule has 0 aliphatic heterocycles. The molecule has 0 radical (unpaired) electrons. The van der Waals surface area contributed by atoms with Gasteiger partial charge in [-0.2, -0.15) is 0 Å². The highest BCUT2D eigenvalue weighted by Gasteiger charge is 2.20. The molecule has 0 aromatic carbocycles. The number of carbonyl (C=O) groups is 1. The first-order chi connectivity index (χ1) is 7.13. The summed E-state index contributed by atoms with van der Waals surface area (Å²) < 4.78 is 0. The molecule has 1 amide bonds. The Bertz CT molecular complexity index is 251. The van der Waals surface area contributed by atoms with Crippen LogP contribution in [0.3, 0.4) is 0 Å². The minimum atomic E-state index is -0.211. The average molecular weight is 208 g/mol. The van der Waals surface area contributed by atoms with Crippen molar-refractivity contribution in [3.8, 4) is 12.3 Å². The summed E-state index contributed by atoms with van der Waals surface area (Å²) in [7, 11) is 0. The van der Waals surface area contributed by atoms with Crippen molar-refractivity contribution in [1.29, 1.82) is 0 Å². The highest BCUT2D eigenvalue weighted by molar-refractivity contribution is 5.81. The third-order valence-electron chi connectivity index (χ3n) is 2.84. The van der Waals surface area contributed by atoms with Gasteiger partial charge in [-0.3, -0.25) is 10.1 Å². The van der Waals surface area contributed by atoms with E-state index < -0.39 is 0 Å². The van der Waals surface area contributed by atoms with Gasteiger partial charge in [0.05, 0.1) is 12.1 Å². The van der Waals surface area contributed by atoms with E-state index in [1.54, 1.807) is 0 Å². The third-order valence-corrected chi connectivity index (χ3v) is 2.84. The molecule has 1 aliphatic carbocycles. The zero-order valence-electron chi connectivity index (χ0n) is 9.55. The van der Waals surface area contributed by atoms with Crippen molar-refractivity contribution in [2.75, 3.05) is 0 Å². The first-order valence-corrected chi connectivity index (χ1v) is 5.66. The van der Waals surface area contributed by atoms with E-state index in [0.717, 1.165) is 12.8 Å². The fourth-order valence-electron chi connectivity index (χ4n) is 1.90. The van der Waals surface area contributed by atoms with Gasteiger partial charge >= 0.3 is 0 Å². The Kier molecular flexibility index (Phi) is 4.64. The van der Waals surface area contributed by atoms with Crippen LogP contribution in [-0.2, 0) is 4.79 Å². The van der Waals surface area contributed by atoms with Crippen molar-refractivity contribution in [1.82, 2.24) is 10.6 Å². The maximum atomic E-state index is 11.7. The van der Waals surface area contributed by atoms with Crippen LogP contribution in [0, 0.1) is 12.3 Å². The largest absolute Gasteiger partial charge is 0.352 e. The molecule has 1 saturated carbocycles. The highest BCUT2D eigenvalue weighted by Crippen LogP contribution is 2.17. The van der Waals surface area contributed by atoms with E-state index in [0.29, 0.717) is 6.04 Å². The normalized spacial score (nSPS) is 20.6. The van der Waals surface area contributed by atoms with Gasteiger partial charge in [0, 0.05) is 6.04 Å². The molecule has 1 rings (SSSR count). The first-order valence-electron chi connectivity index (χ1n) is 5.66. The van der Waals surface area contributed by atoms with Crippen LogP contribution < -0.4 is 10.6 Å². The van der Waals surface area contributed by atoms with Crippen LogP contribution in [0.5, 0.6) is 0 Å². The number of hydrogen-bond acceptors (Lipinski definition) is 2. The third kappa shape index (κ3) is 3.93. The first kappa shape index (κ1) is 12.1. The summed E-state index contributed by atoms with van der Waals surface area (Å²) in [5.74, 6) is 2.61. The molecule has 84 valence electrons. The molecule has 0 heterocycles. The van der Waals surface area contributed by atoms with Crippen molar-refractivity contribution < 1.29 is 4.79 Å². The number of hydrogen-bond donors (Lipinski definition) is 2. The molecule has 0 saturated heterocycles. The smallest absolute Gasteiger partial charge is 0.237 e. The molecule has 0 spiro atoms. The standard InChI is InChI=1S/C12H20N2O/c1-4-9(2)13-10(3)12(15)14-11-7-5-6-8-11/h1,9-11,13H,5-8H2,2-3H3,(H,14,15). The Balaban J connectivity index is 2.29. The van der Waals surface area contributed by atoms with Gasteiger partial charge in [-0.1, -0.05) is 18.8 Å². The lowest BCUT2D eigenvalue weighted by Crippen LogP contribution is -2.47. The van der Waals surface area contributed by atoms with Crippen LogP contribution in [0.15, 0.2) is 0 Å². The fourth-order valence-corrected chi connectivity index (χ4v) is 1.90. The number of nitrogens with one attached hydrogen (secondary N) is 2. The topological polar surface area (TPSA) is 41.1 Å². The molecule has 3 heteroatoms. The van der Waals surface area contributed by atoms with Gasteiger partial charge in [0.2, 0.25) is 5.91 Å². The van der Waals surface area contributed by atoms with Gasteiger partial charge in [0.25, 0.3) is 0 Å². The van der Waals surface area contributed by atoms with E-state index in [1.165, 1.54) is 12.8 Å². The molecule has 0 bridgehead atoms. The molecule has 15 heavy (non-hydrogen) atoms. The lowest BCUT2D eigenvalue weighted by molar-refractivity contribution is -0.123. The van der Waals surface area contributed by atoms with Crippen LogP contribution in [0.25, 0.3) is 0 Å². The molecule has 2 unspecified atom stereocenters. The van der Waals surface area contributed by atoms with E-state index in [4.69, 9.17) is 6.42 Å². The van der Waals surface area contributed by atoms with Crippen molar-refractivity contribution in [3.05, 3.63) is 0 Å². The monoisotopic (exact) mass is 208 g/mol. The summed E-state index contributed by atoms with van der Waals surface area (Å²) in [6.45, 7) is 3.72. The Labute approximate surface area is 92.0 Å². The molecule has 0 aromatic heterocycles. The second-order valence-electron chi connectivity index (χ2n) is 4.27. The zero-order valence-corrected chi connectivity index (χ0v) is 9.55. The molecule has 0 aromatic rings. The van der Waals surface area contributed by atoms with Crippen molar-refractivity contribution in [2.24, 2.45) is 0 Å². The molecule has 1 aliphatic rings.